The molecule has 0 unspecified atom stereocenters. The largest absolute Gasteiger partial charge is 0.439 e. The molecule has 3 aromatic rings. The second kappa shape index (κ2) is 10.7. The van der Waals surface area contributed by atoms with Gasteiger partial charge in [0.25, 0.3) is 0 Å². The van der Waals surface area contributed by atoms with Gasteiger partial charge in [0, 0.05) is 30.8 Å². The Morgan fingerprint density at radius 2 is 1.97 bits per heavy atom. The Hall–Kier alpha value is -2.73. The van der Waals surface area contributed by atoms with E-state index in [-0.39, 0.29) is 11.9 Å². The van der Waals surface area contributed by atoms with Gasteiger partial charge in [-0.05, 0) is 44.5 Å². The number of carbonyl (C=O) groups excluding carboxylic acids is 1. The van der Waals surface area contributed by atoms with Crippen LogP contribution in [0, 0.1) is 13.8 Å². The number of carbonyl (C=O) groups is 1. The molecule has 5 nitrogen and oxygen atoms in total. The normalized spacial score (nSPS) is 11.8. The van der Waals surface area contributed by atoms with Crippen LogP contribution >= 0.6 is 11.3 Å². The van der Waals surface area contributed by atoms with Gasteiger partial charge in [-0.15, -0.1) is 11.3 Å². The van der Waals surface area contributed by atoms with Crippen LogP contribution in [-0.4, -0.2) is 21.9 Å². The van der Waals surface area contributed by atoms with Crippen molar-refractivity contribution in [3.05, 3.63) is 52.7 Å². The molecule has 0 aliphatic heterocycles. The van der Waals surface area contributed by atoms with Crippen LogP contribution in [0.1, 0.15) is 50.3 Å². The molecule has 1 atom stereocenters. The van der Waals surface area contributed by atoms with E-state index in [0.29, 0.717) is 5.88 Å². The molecule has 0 saturated heterocycles. The van der Waals surface area contributed by atoms with Crippen molar-refractivity contribution in [1.82, 2.24) is 15.3 Å². The number of amides is 1. The first-order valence-corrected chi connectivity index (χ1v) is 10.6. The molecule has 1 amide bonds. The van der Waals surface area contributed by atoms with Gasteiger partial charge in [0.15, 0.2) is 0 Å². The summed E-state index contributed by atoms with van der Waals surface area (Å²) in [6.07, 6.45) is 6.84. The number of nitrogens with zero attached hydrogens (tertiary/aromatic N) is 2. The molecule has 0 bridgehead atoms. The Kier molecular flexibility index (Phi) is 8.34. The molecule has 0 saturated carbocycles. The fraction of sp³-hybridized carbons (Fsp3) is 0.348. The monoisotopic (exact) mass is 411 g/mol. The van der Waals surface area contributed by atoms with Crippen molar-refractivity contribution in [3.63, 3.8) is 0 Å². The van der Waals surface area contributed by atoms with E-state index in [0.717, 1.165) is 32.1 Å². The summed E-state index contributed by atoms with van der Waals surface area (Å²) in [6.45, 7) is 11.7. The molecule has 3 rings (SSSR count). The lowest BCUT2D eigenvalue weighted by molar-refractivity contribution is -0.119. The molecule has 0 aliphatic carbocycles. The zero-order valence-corrected chi connectivity index (χ0v) is 18.8. The number of benzene rings is 1. The van der Waals surface area contributed by atoms with Crippen molar-refractivity contribution in [3.8, 4) is 11.6 Å². The van der Waals surface area contributed by atoms with Crippen LogP contribution in [0.25, 0.3) is 16.3 Å². The van der Waals surface area contributed by atoms with E-state index in [2.05, 4.69) is 29.1 Å². The van der Waals surface area contributed by atoms with Gasteiger partial charge in [0.2, 0.25) is 11.8 Å². The fourth-order valence-electron chi connectivity index (χ4n) is 2.61. The number of hydrogen-bond acceptors (Lipinski definition) is 5. The molecule has 0 fully saturated rings. The summed E-state index contributed by atoms with van der Waals surface area (Å²) in [7, 11) is 0. The standard InChI is InChI=1S/C20H21N3O2S.C3H8/c1-12(22-14(3)24)5-6-16-7-10-19(21-11-16)25-18-9-8-17-20(13(18)2)26-15(4)23-17;1-3-2/h5-12H,1-4H3,(H,22,24);3H2,1-2H3/b6-5+;/t12-;/m0./s1. The van der Waals surface area contributed by atoms with E-state index in [9.17, 15) is 4.79 Å². The first-order valence-electron chi connectivity index (χ1n) is 9.80. The maximum atomic E-state index is 11.0. The van der Waals surface area contributed by atoms with E-state index >= 15 is 0 Å². The molecule has 0 radical (unpaired) electrons. The second-order valence-electron chi connectivity index (χ2n) is 6.86. The summed E-state index contributed by atoms with van der Waals surface area (Å²) in [4.78, 5) is 19.9. The van der Waals surface area contributed by atoms with Crippen LogP contribution in [0.4, 0.5) is 0 Å². The van der Waals surface area contributed by atoms with Crippen molar-refractivity contribution in [1.29, 1.82) is 0 Å². The van der Waals surface area contributed by atoms with Crippen molar-refractivity contribution in [2.75, 3.05) is 0 Å². The highest BCUT2D eigenvalue weighted by Gasteiger charge is 2.10. The van der Waals surface area contributed by atoms with E-state index in [4.69, 9.17) is 4.74 Å². The van der Waals surface area contributed by atoms with Gasteiger partial charge in [0.05, 0.1) is 15.2 Å². The molecular weight excluding hydrogens is 382 g/mol. The predicted octanol–water partition coefficient (Wildman–Crippen LogP) is 6.05. The number of aryl methyl sites for hydroxylation is 2. The third-order valence-electron chi connectivity index (χ3n) is 3.85. The van der Waals surface area contributed by atoms with Crippen molar-refractivity contribution >= 4 is 33.5 Å². The summed E-state index contributed by atoms with van der Waals surface area (Å²) >= 11 is 1.67. The quantitative estimate of drug-likeness (QED) is 0.555. The van der Waals surface area contributed by atoms with E-state index < -0.39 is 0 Å². The Labute approximate surface area is 176 Å². The lowest BCUT2D eigenvalue weighted by atomic mass is 10.2. The predicted molar refractivity (Wildman–Crippen MR) is 122 cm³/mol. The van der Waals surface area contributed by atoms with Gasteiger partial charge in [-0.3, -0.25) is 4.79 Å². The molecule has 2 aromatic heterocycles. The Balaban J connectivity index is 0.000000941. The molecule has 2 heterocycles. The summed E-state index contributed by atoms with van der Waals surface area (Å²) in [5.74, 6) is 1.28. The smallest absolute Gasteiger partial charge is 0.219 e. The number of nitrogens with one attached hydrogen (secondary N) is 1. The SMILES string of the molecule is CC(=O)N[C@@H](C)/C=C/c1ccc(Oc2ccc3nc(C)sc3c2C)nc1.CCC. The zero-order chi connectivity index (χ0) is 21.4. The first-order chi connectivity index (χ1) is 13.8. The number of thiazole rings is 1. The lowest BCUT2D eigenvalue weighted by Crippen LogP contribution is -2.28. The molecule has 0 aliphatic rings. The molecule has 6 heteroatoms. The Morgan fingerprint density at radius 3 is 2.59 bits per heavy atom. The topological polar surface area (TPSA) is 64.1 Å². The minimum Gasteiger partial charge on any atom is -0.439 e. The van der Waals surface area contributed by atoms with Crippen LogP contribution < -0.4 is 10.1 Å². The maximum absolute atomic E-state index is 11.0. The van der Waals surface area contributed by atoms with Gasteiger partial charge < -0.3 is 10.1 Å². The number of hydrogen-bond donors (Lipinski definition) is 1. The fourth-order valence-corrected chi connectivity index (χ4v) is 3.53. The summed E-state index contributed by atoms with van der Waals surface area (Å²) in [5, 5.41) is 3.85. The van der Waals surface area contributed by atoms with E-state index in [1.165, 1.54) is 13.3 Å². The van der Waals surface area contributed by atoms with Crippen LogP contribution in [0.2, 0.25) is 0 Å². The highest BCUT2D eigenvalue weighted by atomic mass is 32.1. The van der Waals surface area contributed by atoms with Crippen LogP contribution in [0.15, 0.2) is 36.5 Å². The molecule has 1 aromatic carbocycles. The number of aromatic nitrogens is 2. The highest BCUT2D eigenvalue weighted by molar-refractivity contribution is 7.18. The second-order valence-corrected chi connectivity index (χ2v) is 8.06. The minimum atomic E-state index is -0.0486. The summed E-state index contributed by atoms with van der Waals surface area (Å²) in [6, 6.07) is 7.65. The first kappa shape index (κ1) is 22.6. The maximum Gasteiger partial charge on any atom is 0.219 e. The van der Waals surface area contributed by atoms with Gasteiger partial charge in [-0.25, -0.2) is 9.97 Å². The molecular formula is C23H29N3O2S. The third-order valence-corrected chi connectivity index (χ3v) is 4.95. The van der Waals surface area contributed by atoms with Gasteiger partial charge in [0.1, 0.15) is 5.75 Å². The summed E-state index contributed by atoms with van der Waals surface area (Å²) in [5.41, 5.74) is 3.02. The van der Waals surface area contributed by atoms with Gasteiger partial charge in [-0.1, -0.05) is 32.4 Å². The van der Waals surface area contributed by atoms with E-state index in [1.807, 2.05) is 57.2 Å². The van der Waals surface area contributed by atoms with Crippen molar-refractivity contribution in [2.45, 2.75) is 54.0 Å². The number of fused-ring (bicyclic) bond motifs is 1. The Morgan fingerprint density at radius 1 is 1.24 bits per heavy atom. The van der Waals surface area contributed by atoms with Crippen LogP contribution in [-0.2, 0) is 4.79 Å². The average Bonchev–Trinajstić information content (AvgIpc) is 3.05. The highest BCUT2D eigenvalue weighted by Crippen LogP contribution is 2.33. The zero-order valence-electron chi connectivity index (χ0n) is 17.9. The average molecular weight is 412 g/mol. The van der Waals surface area contributed by atoms with E-state index in [1.54, 1.807) is 17.5 Å². The number of pyridine rings is 1. The molecule has 0 spiro atoms. The van der Waals surface area contributed by atoms with Gasteiger partial charge in [-0.2, -0.15) is 0 Å². The number of ether oxygens (including phenoxy) is 1. The minimum absolute atomic E-state index is 0.0272. The molecule has 154 valence electrons. The Bertz CT molecular complexity index is 978. The van der Waals surface area contributed by atoms with Crippen molar-refractivity contribution in [2.24, 2.45) is 0 Å². The number of rotatable bonds is 5. The molecule has 29 heavy (non-hydrogen) atoms. The molecule has 1 N–H and O–H groups in total. The lowest BCUT2D eigenvalue weighted by Gasteiger charge is -2.09. The summed E-state index contributed by atoms with van der Waals surface area (Å²) < 4.78 is 7.09. The van der Waals surface area contributed by atoms with Gasteiger partial charge >= 0.3 is 0 Å². The van der Waals surface area contributed by atoms with Crippen LogP contribution in [0.5, 0.6) is 11.6 Å². The van der Waals surface area contributed by atoms with Crippen LogP contribution in [0.3, 0.4) is 0 Å². The third kappa shape index (κ3) is 6.68. The van der Waals surface area contributed by atoms with Crippen molar-refractivity contribution < 1.29 is 9.53 Å².